The quantitative estimate of drug-likeness (QED) is 0.753. The number of nitrogens with zero attached hydrogens (tertiary/aromatic N) is 4. The van der Waals surface area contributed by atoms with Crippen LogP contribution in [-0.2, 0) is 10.3 Å². The van der Waals surface area contributed by atoms with Crippen LogP contribution in [-0.4, -0.2) is 47.5 Å². The molecular weight excluding hydrogens is 412 g/mol. The first-order valence-electron chi connectivity index (χ1n) is 11.0. The van der Waals surface area contributed by atoms with Crippen molar-refractivity contribution in [2.24, 2.45) is 5.92 Å². The van der Waals surface area contributed by atoms with Crippen molar-refractivity contribution in [2.45, 2.75) is 43.8 Å². The highest BCUT2D eigenvalue weighted by molar-refractivity contribution is 5.77. The number of hydrogen-bond donors (Lipinski definition) is 1. The molecule has 1 aromatic heterocycles. The molecule has 1 saturated carbocycles. The van der Waals surface area contributed by atoms with Crippen LogP contribution in [0.25, 0.3) is 0 Å². The molecule has 2 aromatic rings. The van der Waals surface area contributed by atoms with Gasteiger partial charge in [0, 0.05) is 43.7 Å². The monoisotopic (exact) mass is 437 g/mol. The number of fused-ring (bicyclic) bond motifs is 2. The van der Waals surface area contributed by atoms with Gasteiger partial charge in [0.25, 0.3) is 0 Å². The van der Waals surface area contributed by atoms with Gasteiger partial charge in [0.2, 0.25) is 5.91 Å². The minimum atomic E-state index is -0.845. The largest absolute Gasteiger partial charge is 0.346 e. The van der Waals surface area contributed by atoms with E-state index in [-0.39, 0.29) is 23.5 Å². The number of benzene rings is 1. The van der Waals surface area contributed by atoms with Gasteiger partial charge in [-0.1, -0.05) is 13.0 Å². The lowest BCUT2D eigenvalue weighted by atomic mass is 9.77. The Balaban J connectivity index is 1.16. The van der Waals surface area contributed by atoms with Crippen LogP contribution < -0.4 is 10.2 Å². The maximum absolute atomic E-state index is 13.6. The second kappa shape index (κ2) is 7.82. The summed E-state index contributed by atoms with van der Waals surface area (Å²) in [6.45, 7) is 4.02. The summed E-state index contributed by atoms with van der Waals surface area (Å²) < 4.78 is 26.8. The third kappa shape index (κ3) is 3.51. The molecule has 0 spiro atoms. The number of halogens is 2. The summed E-state index contributed by atoms with van der Waals surface area (Å²) in [4.78, 5) is 21.5. The number of nitriles is 1. The van der Waals surface area contributed by atoms with Crippen LogP contribution in [0.1, 0.15) is 37.3 Å². The molecule has 4 heterocycles. The van der Waals surface area contributed by atoms with Crippen LogP contribution in [0.15, 0.2) is 36.5 Å². The van der Waals surface area contributed by atoms with E-state index >= 15 is 0 Å². The molecule has 3 saturated heterocycles. The number of piperidine rings is 1. The van der Waals surface area contributed by atoms with E-state index in [0.29, 0.717) is 37.5 Å². The van der Waals surface area contributed by atoms with Crippen molar-refractivity contribution >= 4 is 11.7 Å². The second-order valence-electron chi connectivity index (χ2n) is 9.10. The van der Waals surface area contributed by atoms with E-state index in [9.17, 15) is 13.6 Å². The van der Waals surface area contributed by atoms with Crippen LogP contribution in [0.3, 0.4) is 0 Å². The number of amides is 1. The molecule has 1 N–H and O–H groups in total. The molecule has 4 fully saturated rings. The van der Waals surface area contributed by atoms with Gasteiger partial charge < -0.3 is 15.1 Å². The Labute approximate surface area is 185 Å². The third-order valence-corrected chi connectivity index (χ3v) is 7.26. The van der Waals surface area contributed by atoms with E-state index in [2.05, 4.69) is 28.2 Å². The molecule has 1 aliphatic carbocycles. The molecule has 3 aliphatic heterocycles. The number of carbonyl (C=O) groups excluding carboxylic acids is 1. The Hall–Kier alpha value is -3.05. The third-order valence-electron chi connectivity index (χ3n) is 7.26. The average Bonchev–Trinajstić information content (AvgIpc) is 3.61. The summed E-state index contributed by atoms with van der Waals surface area (Å²) in [7, 11) is 0. The summed E-state index contributed by atoms with van der Waals surface area (Å²) in [5, 5.41) is 12.4. The molecule has 166 valence electrons. The van der Waals surface area contributed by atoms with Crippen LogP contribution in [0.4, 0.5) is 14.6 Å². The lowest BCUT2D eigenvalue weighted by molar-refractivity contribution is -0.135. The lowest BCUT2D eigenvalue weighted by Crippen LogP contribution is -2.75. The SMILES string of the molecule is CC1C2CN(C(=O)CCNC3(c4ccc(F)c(F)c4)CC3)CC1N2c1ccc(C#N)cn1. The molecule has 4 aliphatic rings. The van der Waals surface area contributed by atoms with Gasteiger partial charge in [0.15, 0.2) is 11.6 Å². The van der Waals surface area contributed by atoms with E-state index in [4.69, 9.17) is 5.26 Å². The summed E-state index contributed by atoms with van der Waals surface area (Å²) in [6.07, 6.45) is 3.66. The fraction of sp³-hybridized carbons (Fsp3) is 0.458. The first kappa shape index (κ1) is 20.8. The van der Waals surface area contributed by atoms with E-state index in [0.717, 1.165) is 30.3 Å². The van der Waals surface area contributed by atoms with Gasteiger partial charge in [-0.3, -0.25) is 4.79 Å². The molecule has 0 radical (unpaired) electrons. The predicted octanol–water partition coefficient (Wildman–Crippen LogP) is 2.94. The fourth-order valence-electron chi connectivity index (χ4n) is 5.14. The second-order valence-corrected chi connectivity index (χ2v) is 9.10. The first-order valence-corrected chi connectivity index (χ1v) is 11.0. The van der Waals surface area contributed by atoms with Crippen molar-refractivity contribution in [1.29, 1.82) is 5.26 Å². The summed E-state index contributed by atoms with van der Waals surface area (Å²) >= 11 is 0. The van der Waals surface area contributed by atoms with Gasteiger partial charge in [-0.2, -0.15) is 5.26 Å². The van der Waals surface area contributed by atoms with Gasteiger partial charge in [0.05, 0.1) is 17.6 Å². The first-order chi connectivity index (χ1) is 15.4. The maximum atomic E-state index is 13.6. The van der Waals surface area contributed by atoms with Crippen LogP contribution in [0.2, 0.25) is 0 Å². The van der Waals surface area contributed by atoms with E-state index in [1.807, 2.05) is 11.0 Å². The van der Waals surface area contributed by atoms with Crippen molar-refractivity contribution in [3.05, 3.63) is 59.3 Å². The summed E-state index contributed by atoms with van der Waals surface area (Å²) in [6, 6.07) is 10.2. The molecule has 2 unspecified atom stereocenters. The van der Waals surface area contributed by atoms with Crippen molar-refractivity contribution < 1.29 is 13.6 Å². The van der Waals surface area contributed by atoms with Crippen molar-refractivity contribution in [2.75, 3.05) is 24.5 Å². The van der Waals surface area contributed by atoms with Gasteiger partial charge >= 0.3 is 0 Å². The molecule has 6 nitrogen and oxygen atoms in total. The molecule has 8 heteroatoms. The number of aromatic nitrogens is 1. The van der Waals surface area contributed by atoms with Gasteiger partial charge in [0.1, 0.15) is 11.9 Å². The number of hydrogen-bond acceptors (Lipinski definition) is 5. The molecule has 2 bridgehead atoms. The van der Waals surface area contributed by atoms with E-state index in [1.54, 1.807) is 18.3 Å². The zero-order valence-electron chi connectivity index (χ0n) is 17.9. The number of pyridine rings is 1. The minimum absolute atomic E-state index is 0.105. The minimum Gasteiger partial charge on any atom is -0.346 e. The maximum Gasteiger partial charge on any atom is 0.223 e. The smallest absolute Gasteiger partial charge is 0.223 e. The topological polar surface area (TPSA) is 72.3 Å². The Kier molecular flexibility index (Phi) is 5.09. The van der Waals surface area contributed by atoms with Gasteiger partial charge in [-0.15, -0.1) is 0 Å². The normalized spacial score (nSPS) is 25.1. The van der Waals surface area contributed by atoms with Crippen LogP contribution in [0.5, 0.6) is 0 Å². The Bertz CT molecular complexity index is 1060. The Morgan fingerprint density at radius 1 is 1.22 bits per heavy atom. The number of piperazine rings is 1. The molecular formula is C24H25F2N5O. The lowest BCUT2D eigenvalue weighted by Gasteiger charge is -2.61. The van der Waals surface area contributed by atoms with Gasteiger partial charge in [-0.25, -0.2) is 13.8 Å². The zero-order chi connectivity index (χ0) is 22.5. The van der Waals surface area contributed by atoms with Crippen molar-refractivity contribution in [1.82, 2.24) is 15.2 Å². The van der Waals surface area contributed by atoms with Gasteiger partial charge in [-0.05, 0) is 42.7 Å². The molecule has 6 rings (SSSR count). The number of anilines is 1. The zero-order valence-corrected chi connectivity index (χ0v) is 17.9. The number of rotatable bonds is 6. The number of carbonyl (C=O) groups is 1. The molecule has 2 atom stereocenters. The highest BCUT2D eigenvalue weighted by atomic mass is 19.2. The fourth-order valence-corrected chi connectivity index (χ4v) is 5.14. The molecule has 1 amide bonds. The highest BCUT2D eigenvalue weighted by Crippen LogP contribution is 2.46. The van der Waals surface area contributed by atoms with Crippen molar-refractivity contribution in [3.63, 3.8) is 0 Å². The van der Waals surface area contributed by atoms with E-state index < -0.39 is 11.6 Å². The molecule has 32 heavy (non-hydrogen) atoms. The molecule has 1 aromatic carbocycles. The standard InChI is InChI=1S/C24H25F2N5O/c1-15-20-13-30(14-21(15)31(20)22-5-2-16(11-27)12-28-22)23(32)6-9-29-24(7-8-24)17-3-4-18(25)19(26)10-17/h2-5,10,12,15,20-21,29H,6-9,13-14H2,1H3. The van der Waals surface area contributed by atoms with Crippen LogP contribution in [0, 0.1) is 28.9 Å². The average molecular weight is 437 g/mol. The van der Waals surface area contributed by atoms with Crippen LogP contribution >= 0.6 is 0 Å². The predicted molar refractivity (Wildman–Crippen MR) is 115 cm³/mol. The van der Waals surface area contributed by atoms with E-state index in [1.165, 1.54) is 6.07 Å². The Morgan fingerprint density at radius 3 is 2.56 bits per heavy atom. The number of nitrogens with one attached hydrogen (secondary N) is 1. The van der Waals surface area contributed by atoms with Crippen molar-refractivity contribution in [3.8, 4) is 6.07 Å². The highest BCUT2D eigenvalue weighted by Gasteiger charge is 2.52. The Morgan fingerprint density at radius 2 is 1.97 bits per heavy atom. The summed E-state index contributed by atoms with van der Waals surface area (Å²) in [5.41, 5.74) is 0.932. The summed E-state index contributed by atoms with van der Waals surface area (Å²) in [5.74, 6) is -0.240.